The number of amides is 5. The lowest BCUT2D eigenvalue weighted by molar-refractivity contribution is -0.139. The SMILES string of the molecule is CCOCC(=O)N1CCC2(CCN(Cc3ccc(-c4cccc5c4C(=O)N(C4CCC(=O)NC4=O)C5=O)cc3)CC2)CC1. The number of piperidine rings is 3. The number of carbonyl (C=O) groups excluding carboxylic acids is 5. The Labute approximate surface area is 251 Å². The molecule has 0 aromatic heterocycles. The molecular formula is C33H38N4O6. The molecule has 0 saturated carbocycles. The number of carbonyl (C=O) groups is 5. The Bertz CT molecular complexity index is 1440. The number of hydrogen-bond acceptors (Lipinski definition) is 7. The van der Waals surface area contributed by atoms with Crippen molar-refractivity contribution in [2.24, 2.45) is 5.41 Å². The van der Waals surface area contributed by atoms with E-state index in [2.05, 4.69) is 22.3 Å². The zero-order valence-corrected chi connectivity index (χ0v) is 24.6. The largest absolute Gasteiger partial charge is 0.372 e. The van der Waals surface area contributed by atoms with Crippen LogP contribution < -0.4 is 5.32 Å². The van der Waals surface area contributed by atoms with Gasteiger partial charge in [0.25, 0.3) is 11.8 Å². The third-order valence-corrected chi connectivity index (χ3v) is 9.66. The molecule has 4 aliphatic heterocycles. The smallest absolute Gasteiger partial charge is 0.262 e. The first-order chi connectivity index (χ1) is 20.8. The summed E-state index contributed by atoms with van der Waals surface area (Å²) in [5.41, 5.74) is 3.57. The number of rotatable bonds is 7. The van der Waals surface area contributed by atoms with Crippen molar-refractivity contribution in [2.45, 2.75) is 58.0 Å². The van der Waals surface area contributed by atoms with E-state index >= 15 is 0 Å². The minimum absolute atomic E-state index is 0.0880. The van der Waals surface area contributed by atoms with Gasteiger partial charge in [-0.2, -0.15) is 0 Å². The molecule has 2 aromatic carbocycles. The molecule has 10 heteroatoms. The van der Waals surface area contributed by atoms with Crippen molar-refractivity contribution < 1.29 is 28.7 Å². The summed E-state index contributed by atoms with van der Waals surface area (Å²) in [5, 5.41) is 2.24. The summed E-state index contributed by atoms with van der Waals surface area (Å²) in [7, 11) is 0. The van der Waals surface area contributed by atoms with Crippen LogP contribution >= 0.6 is 0 Å². The first-order valence-electron chi connectivity index (χ1n) is 15.3. The van der Waals surface area contributed by atoms with Crippen LogP contribution in [0.15, 0.2) is 42.5 Å². The molecule has 5 amide bonds. The number of hydrogen-bond donors (Lipinski definition) is 1. The van der Waals surface area contributed by atoms with Gasteiger partial charge in [0.2, 0.25) is 17.7 Å². The molecule has 0 bridgehead atoms. The highest BCUT2D eigenvalue weighted by Crippen LogP contribution is 2.42. The van der Waals surface area contributed by atoms with Crippen LogP contribution in [0.3, 0.4) is 0 Å². The van der Waals surface area contributed by atoms with Crippen LogP contribution in [0, 0.1) is 5.41 Å². The van der Waals surface area contributed by atoms with Gasteiger partial charge in [-0.3, -0.25) is 39.1 Å². The lowest BCUT2D eigenvalue weighted by Crippen LogP contribution is -2.54. The molecule has 226 valence electrons. The van der Waals surface area contributed by atoms with Crippen molar-refractivity contribution in [1.29, 1.82) is 0 Å². The topological polar surface area (TPSA) is 116 Å². The van der Waals surface area contributed by atoms with Crippen LogP contribution in [0.25, 0.3) is 11.1 Å². The van der Waals surface area contributed by atoms with E-state index in [4.69, 9.17) is 4.74 Å². The van der Waals surface area contributed by atoms with E-state index in [1.54, 1.807) is 12.1 Å². The van der Waals surface area contributed by atoms with Gasteiger partial charge in [0.1, 0.15) is 12.6 Å². The lowest BCUT2D eigenvalue weighted by Gasteiger charge is -2.47. The van der Waals surface area contributed by atoms with Crippen molar-refractivity contribution in [2.75, 3.05) is 39.4 Å². The van der Waals surface area contributed by atoms with Gasteiger partial charge in [-0.15, -0.1) is 0 Å². The molecule has 6 rings (SSSR count). The quantitative estimate of drug-likeness (QED) is 0.496. The van der Waals surface area contributed by atoms with Crippen molar-refractivity contribution >= 4 is 29.5 Å². The van der Waals surface area contributed by atoms with Gasteiger partial charge in [0.05, 0.1) is 11.1 Å². The summed E-state index contributed by atoms with van der Waals surface area (Å²) in [5.74, 6) is -1.91. The number of likely N-dealkylation sites (tertiary alicyclic amines) is 2. The molecule has 2 aromatic rings. The summed E-state index contributed by atoms with van der Waals surface area (Å²) in [4.78, 5) is 68.5. The fraction of sp³-hybridized carbons (Fsp3) is 0.485. The zero-order valence-electron chi connectivity index (χ0n) is 24.6. The van der Waals surface area contributed by atoms with Gasteiger partial charge in [-0.1, -0.05) is 36.4 Å². The van der Waals surface area contributed by atoms with E-state index < -0.39 is 29.7 Å². The Hall–Kier alpha value is -3.89. The molecule has 1 spiro atoms. The summed E-state index contributed by atoms with van der Waals surface area (Å²) < 4.78 is 5.30. The van der Waals surface area contributed by atoms with E-state index in [1.807, 2.05) is 30.0 Å². The molecule has 0 aliphatic carbocycles. The predicted octanol–water partition coefficient (Wildman–Crippen LogP) is 3.00. The summed E-state index contributed by atoms with van der Waals surface area (Å²) >= 11 is 0. The number of nitrogens with zero attached hydrogens (tertiary/aromatic N) is 3. The molecular weight excluding hydrogens is 548 g/mol. The molecule has 4 heterocycles. The second kappa shape index (κ2) is 12.0. The number of imide groups is 2. The Morgan fingerprint density at radius 2 is 1.58 bits per heavy atom. The van der Waals surface area contributed by atoms with Crippen molar-refractivity contribution in [3.8, 4) is 11.1 Å². The molecule has 1 atom stereocenters. The molecule has 3 fully saturated rings. The van der Waals surface area contributed by atoms with Crippen LogP contribution in [0.2, 0.25) is 0 Å². The molecule has 4 aliphatic rings. The summed E-state index contributed by atoms with van der Waals surface area (Å²) in [6.45, 7) is 7.15. The predicted molar refractivity (Wildman–Crippen MR) is 158 cm³/mol. The third kappa shape index (κ3) is 5.73. The van der Waals surface area contributed by atoms with Crippen LogP contribution in [0.4, 0.5) is 0 Å². The Kier molecular flexibility index (Phi) is 8.15. The fourth-order valence-corrected chi connectivity index (χ4v) is 7.00. The van der Waals surface area contributed by atoms with Gasteiger partial charge in [-0.25, -0.2) is 0 Å². The number of benzene rings is 2. The third-order valence-electron chi connectivity index (χ3n) is 9.66. The van der Waals surface area contributed by atoms with Crippen LogP contribution in [-0.2, 0) is 25.7 Å². The highest BCUT2D eigenvalue weighted by molar-refractivity contribution is 6.25. The maximum atomic E-state index is 13.5. The van der Waals surface area contributed by atoms with Crippen LogP contribution in [0.1, 0.15) is 71.7 Å². The molecule has 1 unspecified atom stereocenters. The fourth-order valence-electron chi connectivity index (χ4n) is 7.00. The van der Waals surface area contributed by atoms with Gasteiger partial charge in [0, 0.05) is 32.7 Å². The minimum Gasteiger partial charge on any atom is -0.372 e. The average molecular weight is 587 g/mol. The molecule has 10 nitrogen and oxygen atoms in total. The highest BCUT2D eigenvalue weighted by Gasteiger charge is 2.45. The number of ether oxygens (including phenoxy) is 1. The molecule has 1 N–H and O–H groups in total. The van der Waals surface area contributed by atoms with Crippen molar-refractivity contribution in [3.63, 3.8) is 0 Å². The van der Waals surface area contributed by atoms with E-state index in [-0.39, 0.29) is 30.9 Å². The van der Waals surface area contributed by atoms with E-state index in [9.17, 15) is 24.0 Å². The number of nitrogens with one attached hydrogen (secondary N) is 1. The molecule has 3 saturated heterocycles. The normalized spacial score (nSPS) is 22.2. The lowest BCUT2D eigenvalue weighted by atomic mass is 9.71. The Morgan fingerprint density at radius 3 is 2.26 bits per heavy atom. The van der Waals surface area contributed by atoms with Gasteiger partial charge in [0.15, 0.2) is 0 Å². The van der Waals surface area contributed by atoms with E-state index in [0.717, 1.165) is 68.9 Å². The zero-order chi connectivity index (χ0) is 30.1. The van der Waals surface area contributed by atoms with E-state index in [1.165, 1.54) is 5.56 Å². The second-order valence-corrected chi connectivity index (χ2v) is 12.2. The second-order valence-electron chi connectivity index (χ2n) is 12.2. The van der Waals surface area contributed by atoms with Crippen molar-refractivity contribution in [1.82, 2.24) is 20.0 Å². The maximum Gasteiger partial charge on any atom is 0.262 e. The summed E-state index contributed by atoms with van der Waals surface area (Å²) in [6, 6.07) is 12.3. The molecule has 43 heavy (non-hydrogen) atoms. The average Bonchev–Trinajstić information content (AvgIpc) is 3.27. The van der Waals surface area contributed by atoms with E-state index in [0.29, 0.717) is 23.1 Å². The highest BCUT2D eigenvalue weighted by atomic mass is 16.5. The first kappa shape index (κ1) is 29.2. The van der Waals surface area contributed by atoms with Crippen molar-refractivity contribution in [3.05, 3.63) is 59.2 Å². The van der Waals surface area contributed by atoms with Crippen LogP contribution in [0.5, 0.6) is 0 Å². The van der Waals surface area contributed by atoms with Crippen LogP contribution in [-0.4, -0.2) is 89.7 Å². The summed E-state index contributed by atoms with van der Waals surface area (Å²) in [6.07, 6.45) is 4.59. The number of fused-ring (bicyclic) bond motifs is 1. The van der Waals surface area contributed by atoms with Gasteiger partial charge in [-0.05, 0) is 80.3 Å². The standard InChI is InChI=1S/C33H38N4O6/c1-2-43-21-28(39)36-18-14-33(15-19-36)12-16-35(17-13-33)20-22-6-8-23(9-7-22)24-4-3-5-25-29(24)32(42)37(31(25)41)26-10-11-27(38)34-30(26)40/h3-9,26H,2,10-21H2,1H3,(H,34,38,40). The Morgan fingerprint density at radius 1 is 0.907 bits per heavy atom. The molecule has 0 radical (unpaired) electrons. The van der Waals surface area contributed by atoms with Gasteiger partial charge >= 0.3 is 0 Å². The monoisotopic (exact) mass is 586 g/mol. The minimum atomic E-state index is -0.987. The van der Waals surface area contributed by atoms with Gasteiger partial charge < -0.3 is 9.64 Å². The Balaban J connectivity index is 1.07. The maximum absolute atomic E-state index is 13.5. The first-order valence-corrected chi connectivity index (χ1v) is 15.3.